The number of aliphatic hydroxyl groups is 1. The Morgan fingerprint density at radius 3 is 2.92 bits per heavy atom. The van der Waals surface area contributed by atoms with E-state index in [-0.39, 0.29) is 0 Å². The molecule has 4 rings (SSSR count). The Morgan fingerprint density at radius 2 is 2.04 bits per heavy atom. The lowest BCUT2D eigenvalue weighted by molar-refractivity contribution is 0.222. The maximum absolute atomic E-state index is 9.28. The summed E-state index contributed by atoms with van der Waals surface area (Å²) in [6.45, 7) is 3.44. The average molecular weight is 348 g/mol. The molecule has 0 spiro atoms. The first-order chi connectivity index (χ1) is 12.8. The van der Waals surface area contributed by atoms with E-state index < -0.39 is 0 Å². The number of aromatic nitrogens is 1. The normalized spacial score (nSPS) is 20.4. The molecule has 1 aromatic heterocycles. The Hall–Kier alpha value is -1.89. The maximum Gasteiger partial charge on any atom is 0.0718 e. The second-order valence-electron chi connectivity index (χ2n) is 7.68. The molecule has 0 bridgehead atoms. The van der Waals surface area contributed by atoms with Crippen LogP contribution >= 0.6 is 0 Å². The van der Waals surface area contributed by atoms with Gasteiger partial charge < -0.3 is 10.0 Å². The van der Waals surface area contributed by atoms with Gasteiger partial charge in [-0.15, -0.1) is 0 Å². The van der Waals surface area contributed by atoms with Crippen LogP contribution in [0.25, 0.3) is 10.9 Å². The predicted octanol–water partition coefficient (Wildman–Crippen LogP) is 3.56. The Morgan fingerprint density at radius 1 is 1.15 bits per heavy atom. The van der Waals surface area contributed by atoms with Crippen molar-refractivity contribution in [2.75, 3.05) is 26.2 Å². The molecule has 1 saturated heterocycles. The zero-order valence-corrected chi connectivity index (χ0v) is 15.5. The van der Waals surface area contributed by atoms with Crippen LogP contribution in [0.15, 0.2) is 24.3 Å². The molecule has 2 heterocycles. The van der Waals surface area contributed by atoms with Gasteiger partial charge in [0.15, 0.2) is 0 Å². The molecule has 3 nitrogen and oxygen atoms in total. The molecule has 0 radical (unpaired) electrons. The number of hydrogen-bond acceptors (Lipinski definition) is 3. The van der Waals surface area contributed by atoms with Gasteiger partial charge in [-0.25, -0.2) is 0 Å². The second kappa shape index (κ2) is 8.20. The molecule has 26 heavy (non-hydrogen) atoms. The number of aryl methyl sites for hydroxylation is 1. The highest BCUT2D eigenvalue weighted by Crippen LogP contribution is 2.28. The molecule has 1 aliphatic carbocycles. The number of hydrogen-bond donors (Lipinski definition) is 1. The monoisotopic (exact) mass is 348 g/mol. The summed E-state index contributed by atoms with van der Waals surface area (Å²) < 4.78 is 0. The Kier molecular flexibility index (Phi) is 5.53. The zero-order valence-electron chi connectivity index (χ0n) is 15.5. The van der Waals surface area contributed by atoms with Gasteiger partial charge in [-0.2, -0.15) is 0 Å². The van der Waals surface area contributed by atoms with E-state index in [1.807, 2.05) is 0 Å². The van der Waals surface area contributed by atoms with Crippen LogP contribution in [0.3, 0.4) is 0 Å². The zero-order chi connectivity index (χ0) is 17.8. The Bertz CT molecular complexity index is 833. The summed E-state index contributed by atoms with van der Waals surface area (Å²) in [6, 6.07) is 8.45. The van der Waals surface area contributed by atoms with E-state index >= 15 is 0 Å². The highest BCUT2D eigenvalue weighted by Gasteiger charge is 2.20. The topological polar surface area (TPSA) is 36.4 Å². The van der Waals surface area contributed by atoms with Gasteiger partial charge in [-0.05, 0) is 56.2 Å². The van der Waals surface area contributed by atoms with Crippen molar-refractivity contribution in [3.05, 3.63) is 41.1 Å². The quantitative estimate of drug-likeness (QED) is 0.681. The first kappa shape index (κ1) is 17.5. The number of likely N-dealkylation sites (tertiary alicyclic amines) is 1. The van der Waals surface area contributed by atoms with Crippen LogP contribution in [0, 0.1) is 17.8 Å². The summed E-state index contributed by atoms with van der Waals surface area (Å²) in [5.41, 5.74) is 4.98. The van der Waals surface area contributed by atoms with Crippen LogP contribution in [-0.4, -0.2) is 41.2 Å². The van der Waals surface area contributed by atoms with Crippen molar-refractivity contribution < 1.29 is 5.11 Å². The maximum atomic E-state index is 9.28. The van der Waals surface area contributed by atoms with Crippen molar-refractivity contribution in [3.63, 3.8) is 0 Å². The van der Waals surface area contributed by atoms with Crippen molar-refractivity contribution in [2.45, 2.75) is 44.9 Å². The van der Waals surface area contributed by atoms with Crippen LogP contribution in [0.4, 0.5) is 0 Å². The van der Waals surface area contributed by atoms with Gasteiger partial charge in [0.2, 0.25) is 0 Å². The summed E-state index contributed by atoms with van der Waals surface area (Å²) in [5, 5.41) is 10.5. The van der Waals surface area contributed by atoms with Crippen LogP contribution in [0.1, 0.15) is 48.9 Å². The van der Waals surface area contributed by atoms with Crippen LogP contribution < -0.4 is 0 Å². The molecule has 136 valence electrons. The lowest BCUT2D eigenvalue weighted by Gasteiger charge is -2.13. The van der Waals surface area contributed by atoms with Gasteiger partial charge in [0.25, 0.3) is 0 Å². The summed E-state index contributed by atoms with van der Waals surface area (Å²) >= 11 is 0. The number of rotatable bonds is 3. The number of aliphatic hydroxyl groups excluding tert-OH is 1. The lowest BCUT2D eigenvalue weighted by atomic mass is 9.97. The molecule has 0 unspecified atom stereocenters. The minimum Gasteiger partial charge on any atom is -0.396 e. The van der Waals surface area contributed by atoms with Crippen LogP contribution in [0.2, 0.25) is 0 Å². The van der Waals surface area contributed by atoms with Gasteiger partial charge in [-0.3, -0.25) is 4.98 Å². The van der Waals surface area contributed by atoms with Gasteiger partial charge in [0.1, 0.15) is 0 Å². The van der Waals surface area contributed by atoms with Crippen LogP contribution in [0.5, 0.6) is 0 Å². The van der Waals surface area contributed by atoms with E-state index in [1.165, 1.54) is 41.5 Å². The number of benzene rings is 1. The molecule has 1 fully saturated rings. The van der Waals surface area contributed by atoms with Gasteiger partial charge in [0.05, 0.1) is 5.52 Å². The van der Waals surface area contributed by atoms with Crippen molar-refractivity contribution in [1.29, 1.82) is 0 Å². The fourth-order valence-corrected chi connectivity index (χ4v) is 4.32. The molecule has 2 aromatic rings. The van der Waals surface area contributed by atoms with E-state index in [4.69, 9.17) is 4.98 Å². The average Bonchev–Trinajstić information content (AvgIpc) is 3.01. The molecule has 1 N–H and O–H groups in total. The third-order valence-electron chi connectivity index (χ3n) is 5.81. The third-order valence-corrected chi connectivity index (χ3v) is 5.81. The summed E-state index contributed by atoms with van der Waals surface area (Å²) in [6.07, 6.45) is 7.99. The molecular formula is C23H28N2O. The van der Waals surface area contributed by atoms with E-state index in [9.17, 15) is 5.11 Å². The third kappa shape index (κ3) is 3.77. The molecule has 3 heteroatoms. The number of fused-ring (bicyclic) bond motifs is 2. The standard InChI is InChI=1S/C23H28N2O/c26-17-18-13-15-25(16-18)14-7-6-8-19-20-9-2-1-3-11-22(20)24-23-12-5-4-10-21(19)23/h4-5,10,12,18,26H,1-3,7,9,11,13-17H2/t18-/m1/s1. The molecule has 1 aliphatic heterocycles. The summed E-state index contributed by atoms with van der Waals surface area (Å²) in [4.78, 5) is 7.38. The summed E-state index contributed by atoms with van der Waals surface area (Å²) in [5.74, 6) is 7.43. The second-order valence-corrected chi connectivity index (χ2v) is 7.68. The number of pyridine rings is 1. The van der Waals surface area contributed by atoms with Crippen molar-refractivity contribution in [2.24, 2.45) is 5.92 Å². The molecule has 1 atom stereocenters. The molecule has 1 aromatic carbocycles. The Labute approximate surface area is 156 Å². The Balaban J connectivity index is 1.57. The summed E-state index contributed by atoms with van der Waals surface area (Å²) in [7, 11) is 0. The number of para-hydroxylation sites is 1. The van der Waals surface area contributed by atoms with Gasteiger partial charge in [0, 0.05) is 42.8 Å². The minimum atomic E-state index is 0.317. The van der Waals surface area contributed by atoms with E-state index in [0.29, 0.717) is 12.5 Å². The highest BCUT2D eigenvalue weighted by atomic mass is 16.3. The van der Waals surface area contributed by atoms with Gasteiger partial charge in [-0.1, -0.05) is 36.5 Å². The highest BCUT2D eigenvalue weighted by molar-refractivity contribution is 5.86. The van der Waals surface area contributed by atoms with E-state index in [1.54, 1.807) is 0 Å². The number of nitrogens with zero attached hydrogens (tertiary/aromatic N) is 2. The molecule has 2 aliphatic rings. The molecule has 0 saturated carbocycles. The van der Waals surface area contributed by atoms with E-state index in [2.05, 4.69) is 41.0 Å². The fourth-order valence-electron chi connectivity index (χ4n) is 4.32. The first-order valence-electron chi connectivity index (χ1n) is 10.1. The smallest absolute Gasteiger partial charge is 0.0718 e. The molecular weight excluding hydrogens is 320 g/mol. The van der Waals surface area contributed by atoms with E-state index in [0.717, 1.165) is 50.8 Å². The SMILES string of the molecule is OC[C@@H]1CCN(CCC#Cc2c3c(nc4ccccc24)CCCCC3)C1. The lowest BCUT2D eigenvalue weighted by Crippen LogP contribution is -2.22. The van der Waals surface area contributed by atoms with Crippen molar-refractivity contribution in [3.8, 4) is 11.8 Å². The van der Waals surface area contributed by atoms with Crippen molar-refractivity contribution >= 4 is 10.9 Å². The minimum absolute atomic E-state index is 0.317. The largest absolute Gasteiger partial charge is 0.396 e. The van der Waals surface area contributed by atoms with Crippen LogP contribution in [-0.2, 0) is 12.8 Å². The predicted molar refractivity (Wildman–Crippen MR) is 106 cm³/mol. The molecule has 0 amide bonds. The van der Waals surface area contributed by atoms with Gasteiger partial charge >= 0.3 is 0 Å². The van der Waals surface area contributed by atoms with Crippen molar-refractivity contribution in [1.82, 2.24) is 9.88 Å². The fraction of sp³-hybridized carbons (Fsp3) is 0.522. The first-order valence-corrected chi connectivity index (χ1v) is 10.1.